The number of hydrogen-bond acceptors (Lipinski definition) is 2. The highest BCUT2D eigenvalue weighted by Gasteiger charge is 2.22. The molecule has 0 radical (unpaired) electrons. The summed E-state index contributed by atoms with van der Waals surface area (Å²) in [5.41, 5.74) is 1.33. The zero-order chi connectivity index (χ0) is 19.6. The molecule has 0 bridgehead atoms. The number of piperidine rings is 1. The molecule has 8 heteroatoms. The summed E-state index contributed by atoms with van der Waals surface area (Å²) >= 11 is 3.53. The standard InChI is InChI=1S/C20H31BrF2N4.HI/c1-3-15(11-16-5-4-6-17(21)12-16)13-25-20(24-2)26-18-7-9-27(10-8-18)14-19(22)23;/h4-6,12,15,18-19H,3,7-11,13-14H2,1-2H3,(H2,24,25,26);1H. The molecule has 2 N–H and O–H groups in total. The second kappa shape index (κ2) is 13.7. The Labute approximate surface area is 193 Å². The van der Waals surface area contributed by atoms with Crippen LogP contribution in [-0.4, -0.2) is 56.6 Å². The van der Waals surface area contributed by atoms with Gasteiger partial charge in [-0.1, -0.05) is 41.4 Å². The van der Waals surface area contributed by atoms with Gasteiger partial charge >= 0.3 is 0 Å². The van der Waals surface area contributed by atoms with Crippen LogP contribution in [0.25, 0.3) is 0 Å². The monoisotopic (exact) mass is 572 g/mol. The van der Waals surface area contributed by atoms with Crippen molar-refractivity contribution in [3.05, 3.63) is 34.3 Å². The van der Waals surface area contributed by atoms with E-state index in [4.69, 9.17) is 0 Å². The molecule has 160 valence electrons. The van der Waals surface area contributed by atoms with Crippen LogP contribution in [0, 0.1) is 5.92 Å². The van der Waals surface area contributed by atoms with Gasteiger partial charge in [0, 0.05) is 37.2 Å². The summed E-state index contributed by atoms with van der Waals surface area (Å²) < 4.78 is 26.1. The van der Waals surface area contributed by atoms with Gasteiger partial charge in [0.1, 0.15) is 0 Å². The third-order valence-corrected chi connectivity index (χ3v) is 5.59. The number of benzene rings is 1. The number of rotatable bonds is 8. The summed E-state index contributed by atoms with van der Waals surface area (Å²) in [6.45, 7) is 4.36. The van der Waals surface area contributed by atoms with E-state index in [1.54, 1.807) is 7.05 Å². The Morgan fingerprint density at radius 3 is 2.61 bits per heavy atom. The molecule has 1 aromatic carbocycles. The van der Waals surface area contributed by atoms with Gasteiger partial charge in [-0.25, -0.2) is 8.78 Å². The van der Waals surface area contributed by atoms with E-state index >= 15 is 0 Å². The van der Waals surface area contributed by atoms with Crippen LogP contribution >= 0.6 is 39.9 Å². The average molecular weight is 573 g/mol. The topological polar surface area (TPSA) is 39.7 Å². The molecular formula is C20H32BrF2IN4. The molecule has 0 saturated carbocycles. The molecule has 0 spiro atoms. The maximum Gasteiger partial charge on any atom is 0.251 e. The third-order valence-electron chi connectivity index (χ3n) is 5.10. The molecule has 28 heavy (non-hydrogen) atoms. The lowest BCUT2D eigenvalue weighted by molar-refractivity contribution is 0.0744. The molecule has 1 aromatic rings. The minimum absolute atomic E-state index is 0. The number of halogens is 4. The van der Waals surface area contributed by atoms with E-state index in [0.29, 0.717) is 19.0 Å². The van der Waals surface area contributed by atoms with Gasteiger partial charge in [-0.2, -0.15) is 0 Å². The Morgan fingerprint density at radius 2 is 2.04 bits per heavy atom. The highest BCUT2D eigenvalue weighted by atomic mass is 127. The van der Waals surface area contributed by atoms with Crippen LogP contribution in [0.1, 0.15) is 31.7 Å². The van der Waals surface area contributed by atoms with Gasteiger partial charge in [0.15, 0.2) is 5.96 Å². The number of nitrogens with zero attached hydrogens (tertiary/aromatic N) is 2. The van der Waals surface area contributed by atoms with Gasteiger partial charge in [0.05, 0.1) is 6.54 Å². The third kappa shape index (κ3) is 9.35. The predicted octanol–water partition coefficient (Wildman–Crippen LogP) is 4.53. The number of guanidine groups is 1. The fraction of sp³-hybridized carbons (Fsp3) is 0.650. The average Bonchev–Trinajstić information content (AvgIpc) is 2.65. The van der Waals surface area contributed by atoms with Crippen LogP contribution < -0.4 is 10.6 Å². The number of alkyl halides is 2. The molecule has 4 nitrogen and oxygen atoms in total. The van der Waals surface area contributed by atoms with E-state index in [2.05, 4.69) is 56.7 Å². The fourth-order valence-corrected chi connectivity index (χ4v) is 3.89. The lowest BCUT2D eigenvalue weighted by atomic mass is 9.97. The second-order valence-corrected chi connectivity index (χ2v) is 8.09. The summed E-state index contributed by atoms with van der Waals surface area (Å²) in [6, 6.07) is 8.73. The van der Waals surface area contributed by atoms with Crippen LogP contribution in [0.3, 0.4) is 0 Å². The first-order valence-corrected chi connectivity index (χ1v) is 10.5. The van der Waals surface area contributed by atoms with Crippen molar-refractivity contribution in [1.29, 1.82) is 0 Å². The van der Waals surface area contributed by atoms with Gasteiger partial charge < -0.3 is 10.6 Å². The number of hydrogen-bond donors (Lipinski definition) is 2. The van der Waals surface area contributed by atoms with Crippen molar-refractivity contribution in [3.63, 3.8) is 0 Å². The Balaban J connectivity index is 0.00000392. The molecule has 2 rings (SSSR count). The number of aliphatic imine (C=N–C) groups is 1. The van der Waals surface area contributed by atoms with Crippen molar-refractivity contribution in [1.82, 2.24) is 15.5 Å². The van der Waals surface area contributed by atoms with Crippen LogP contribution in [0.5, 0.6) is 0 Å². The summed E-state index contributed by atoms with van der Waals surface area (Å²) in [4.78, 5) is 6.17. The predicted molar refractivity (Wildman–Crippen MR) is 127 cm³/mol. The van der Waals surface area contributed by atoms with Crippen LogP contribution in [0.4, 0.5) is 8.78 Å². The molecule has 1 aliphatic rings. The minimum Gasteiger partial charge on any atom is -0.356 e. The summed E-state index contributed by atoms with van der Waals surface area (Å²) in [5.74, 6) is 1.32. The van der Waals surface area contributed by atoms with Gasteiger partial charge in [-0.05, 0) is 42.9 Å². The first kappa shape index (κ1) is 25.6. The van der Waals surface area contributed by atoms with Gasteiger partial charge in [-0.15, -0.1) is 24.0 Å². The minimum atomic E-state index is -2.25. The molecule has 0 amide bonds. The SMILES string of the molecule is CCC(CNC(=NC)NC1CCN(CC(F)F)CC1)Cc1cccc(Br)c1.I. The molecule has 1 aliphatic heterocycles. The maximum atomic E-state index is 12.5. The van der Waals surface area contributed by atoms with E-state index < -0.39 is 6.43 Å². The lowest BCUT2D eigenvalue weighted by Crippen LogP contribution is -2.50. The van der Waals surface area contributed by atoms with Crippen molar-refractivity contribution in [3.8, 4) is 0 Å². The lowest BCUT2D eigenvalue weighted by Gasteiger charge is -2.33. The molecule has 1 unspecified atom stereocenters. The Hall–Kier alpha value is -0.480. The Morgan fingerprint density at radius 1 is 1.32 bits per heavy atom. The molecule has 1 atom stereocenters. The van der Waals surface area contributed by atoms with Crippen molar-refractivity contribution >= 4 is 45.9 Å². The molecule has 1 heterocycles. The van der Waals surface area contributed by atoms with Crippen molar-refractivity contribution in [2.24, 2.45) is 10.9 Å². The second-order valence-electron chi connectivity index (χ2n) is 7.17. The van der Waals surface area contributed by atoms with E-state index in [0.717, 1.165) is 42.7 Å². The number of nitrogens with one attached hydrogen (secondary N) is 2. The largest absolute Gasteiger partial charge is 0.356 e. The normalized spacial score (nSPS) is 17.3. The van der Waals surface area contributed by atoms with Gasteiger partial charge in [0.2, 0.25) is 0 Å². The maximum absolute atomic E-state index is 12.5. The highest BCUT2D eigenvalue weighted by Crippen LogP contribution is 2.17. The molecule has 1 saturated heterocycles. The van der Waals surface area contributed by atoms with Gasteiger partial charge in [-0.3, -0.25) is 9.89 Å². The highest BCUT2D eigenvalue weighted by molar-refractivity contribution is 14.0. The Bertz CT molecular complexity index is 595. The van der Waals surface area contributed by atoms with E-state index in [9.17, 15) is 8.78 Å². The zero-order valence-corrected chi connectivity index (χ0v) is 20.6. The fourth-order valence-electron chi connectivity index (χ4n) is 3.44. The van der Waals surface area contributed by atoms with E-state index in [1.165, 1.54) is 5.56 Å². The molecule has 1 fully saturated rings. The first-order chi connectivity index (χ1) is 13.0. The molecule has 0 aromatic heterocycles. The van der Waals surface area contributed by atoms with Gasteiger partial charge in [0.25, 0.3) is 6.43 Å². The van der Waals surface area contributed by atoms with Crippen molar-refractivity contribution in [2.45, 2.75) is 45.1 Å². The zero-order valence-electron chi connectivity index (χ0n) is 16.6. The summed E-state index contributed by atoms with van der Waals surface area (Å²) in [5, 5.41) is 6.89. The van der Waals surface area contributed by atoms with E-state index in [-0.39, 0.29) is 36.6 Å². The van der Waals surface area contributed by atoms with Crippen LogP contribution in [0.2, 0.25) is 0 Å². The molecular weight excluding hydrogens is 541 g/mol. The van der Waals surface area contributed by atoms with Crippen molar-refractivity contribution < 1.29 is 8.78 Å². The summed E-state index contributed by atoms with van der Waals surface area (Å²) in [7, 11) is 1.77. The van der Waals surface area contributed by atoms with Crippen LogP contribution in [0.15, 0.2) is 33.7 Å². The first-order valence-electron chi connectivity index (χ1n) is 9.72. The molecule has 0 aliphatic carbocycles. The Kier molecular flexibility index (Phi) is 12.5. The van der Waals surface area contributed by atoms with Crippen molar-refractivity contribution in [2.75, 3.05) is 33.2 Å². The smallest absolute Gasteiger partial charge is 0.251 e. The van der Waals surface area contributed by atoms with E-state index in [1.807, 2.05) is 11.0 Å². The van der Waals surface area contributed by atoms with Crippen LogP contribution in [-0.2, 0) is 6.42 Å². The summed E-state index contributed by atoms with van der Waals surface area (Å²) in [6.07, 6.45) is 1.58. The number of likely N-dealkylation sites (tertiary alicyclic amines) is 1. The quantitative estimate of drug-likeness (QED) is 0.273.